The van der Waals surface area contributed by atoms with Crippen LogP contribution in [0.3, 0.4) is 0 Å². The highest BCUT2D eigenvalue weighted by Gasteiger charge is 2.31. The largest absolute Gasteiger partial charge is 0.333 e. The molecule has 1 aromatic carbocycles. The van der Waals surface area contributed by atoms with Gasteiger partial charge in [-0.2, -0.15) is 0 Å². The van der Waals surface area contributed by atoms with Gasteiger partial charge in [0.05, 0.1) is 11.0 Å². The van der Waals surface area contributed by atoms with Gasteiger partial charge in [0.15, 0.2) is 0 Å². The summed E-state index contributed by atoms with van der Waals surface area (Å²) >= 11 is 0. The number of amides is 1. The second kappa shape index (κ2) is 6.00. The SMILES string of the molecule is CCCN(C(=O)c1cc(C)ccc1[N+](=O)[O-])C1CNC1. The van der Waals surface area contributed by atoms with Gasteiger partial charge in [-0.1, -0.05) is 13.0 Å². The molecule has 0 atom stereocenters. The van der Waals surface area contributed by atoms with Crippen LogP contribution < -0.4 is 5.32 Å². The van der Waals surface area contributed by atoms with Gasteiger partial charge in [-0.15, -0.1) is 0 Å². The Morgan fingerprint density at radius 3 is 2.70 bits per heavy atom. The summed E-state index contributed by atoms with van der Waals surface area (Å²) in [5.41, 5.74) is 0.923. The Balaban J connectivity index is 2.34. The first-order valence-electron chi connectivity index (χ1n) is 6.81. The number of nitrogens with one attached hydrogen (secondary N) is 1. The Kier molecular flexibility index (Phi) is 4.34. The molecule has 1 fully saturated rings. The van der Waals surface area contributed by atoms with Crippen molar-refractivity contribution in [2.75, 3.05) is 19.6 Å². The zero-order chi connectivity index (χ0) is 14.7. The molecule has 2 rings (SSSR count). The fourth-order valence-electron chi connectivity index (χ4n) is 2.32. The molecule has 0 radical (unpaired) electrons. The molecule has 0 aliphatic carbocycles. The average Bonchev–Trinajstić information content (AvgIpc) is 2.34. The molecule has 1 aliphatic rings. The van der Waals surface area contributed by atoms with E-state index >= 15 is 0 Å². The molecular formula is C14H19N3O3. The monoisotopic (exact) mass is 277 g/mol. The van der Waals surface area contributed by atoms with Gasteiger partial charge in [-0.05, 0) is 25.0 Å². The third-order valence-electron chi connectivity index (χ3n) is 3.51. The summed E-state index contributed by atoms with van der Waals surface area (Å²) in [4.78, 5) is 25.0. The van der Waals surface area contributed by atoms with E-state index in [4.69, 9.17) is 0 Å². The number of benzene rings is 1. The third-order valence-corrected chi connectivity index (χ3v) is 3.51. The molecular weight excluding hydrogens is 258 g/mol. The van der Waals surface area contributed by atoms with Gasteiger partial charge < -0.3 is 10.2 Å². The van der Waals surface area contributed by atoms with Crippen LogP contribution in [0.25, 0.3) is 0 Å². The van der Waals surface area contributed by atoms with Crippen molar-refractivity contribution in [2.24, 2.45) is 0 Å². The molecule has 0 spiro atoms. The first kappa shape index (κ1) is 14.5. The van der Waals surface area contributed by atoms with E-state index in [1.807, 2.05) is 13.8 Å². The van der Waals surface area contributed by atoms with Gasteiger partial charge >= 0.3 is 0 Å². The first-order chi connectivity index (χ1) is 9.54. The quantitative estimate of drug-likeness (QED) is 0.657. The lowest BCUT2D eigenvalue weighted by Crippen LogP contribution is -2.59. The second-order valence-corrected chi connectivity index (χ2v) is 5.09. The number of nitro groups is 1. The molecule has 108 valence electrons. The fraction of sp³-hybridized carbons (Fsp3) is 0.500. The minimum Gasteiger partial charge on any atom is -0.333 e. The number of hydrogen-bond donors (Lipinski definition) is 1. The van der Waals surface area contributed by atoms with Crippen LogP contribution in [0.15, 0.2) is 18.2 Å². The highest BCUT2D eigenvalue weighted by Crippen LogP contribution is 2.23. The predicted molar refractivity (Wildman–Crippen MR) is 75.8 cm³/mol. The van der Waals surface area contributed by atoms with Crippen LogP contribution in [0.5, 0.6) is 0 Å². The molecule has 0 bridgehead atoms. The van der Waals surface area contributed by atoms with Crippen molar-refractivity contribution in [3.63, 3.8) is 0 Å². The predicted octanol–water partition coefficient (Wildman–Crippen LogP) is 1.73. The van der Waals surface area contributed by atoms with E-state index in [2.05, 4.69) is 5.32 Å². The lowest BCUT2D eigenvalue weighted by Gasteiger charge is -2.38. The summed E-state index contributed by atoms with van der Waals surface area (Å²) < 4.78 is 0. The van der Waals surface area contributed by atoms with Crippen LogP contribution in [0.4, 0.5) is 5.69 Å². The van der Waals surface area contributed by atoms with Crippen LogP contribution in [0, 0.1) is 17.0 Å². The molecule has 1 aliphatic heterocycles. The minimum absolute atomic E-state index is 0.117. The van der Waals surface area contributed by atoms with Crippen LogP contribution >= 0.6 is 0 Å². The number of carbonyl (C=O) groups excluding carboxylic acids is 1. The van der Waals surface area contributed by atoms with Gasteiger partial charge in [-0.3, -0.25) is 14.9 Å². The lowest BCUT2D eigenvalue weighted by atomic mass is 10.0. The molecule has 20 heavy (non-hydrogen) atoms. The van der Waals surface area contributed by atoms with Crippen LogP contribution in [0.1, 0.15) is 29.3 Å². The summed E-state index contributed by atoms with van der Waals surface area (Å²) in [6, 6.07) is 4.81. The summed E-state index contributed by atoms with van der Waals surface area (Å²) in [5, 5.41) is 14.2. The van der Waals surface area contributed by atoms with E-state index in [1.54, 1.807) is 17.0 Å². The standard InChI is InChI=1S/C14H19N3O3/c1-3-6-16(11-8-15-9-11)14(18)12-7-10(2)4-5-13(12)17(19)20/h4-5,7,11,15H,3,6,8-9H2,1-2H3. The Hall–Kier alpha value is -1.95. The topological polar surface area (TPSA) is 75.5 Å². The van der Waals surface area contributed by atoms with E-state index in [-0.39, 0.29) is 23.2 Å². The summed E-state index contributed by atoms with van der Waals surface area (Å²) in [5.74, 6) is -0.242. The van der Waals surface area contributed by atoms with Crippen molar-refractivity contribution in [2.45, 2.75) is 26.3 Å². The number of rotatable bonds is 5. The van der Waals surface area contributed by atoms with Gasteiger partial charge in [-0.25, -0.2) is 0 Å². The average molecular weight is 277 g/mol. The van der Waals surface area contributed by atoms with Crippen molar-refractivity contribution >= 4 is 11.6 Å². The smallest absolute Gasteiger partial charge is 0.282 e. The molecule has 6 heteroatoms. The second-order valence-electron chi connectivity index (χ2n) is 5.09. The zero-order valence-corrected chi connectivity index (χ0v) is 11.8. The summed E-state index contributed by atoms with van der Waals surface area (Å²) in [6.07, 6.45) is 0.835. The lowest BCUT2D eigenvalue weighted by molar-refractivity contribution is -0.385. The molecule has 1 N–H and O–H groups in total. The third kappa shape index (κ3) is 2.80. The summed E-state index contributed by atoms with van der Waals surface area (Å²) in [7, 11) is 0. The van der Waals surface area contributed by atoms with E-state index in [9.17, 15) is 14.9 Å². The molecule has 0 aromatic heterocycles. The molecule has 1 aromatic rings. The molecule has 0 saturated carbocycles. The van der Waals surface area contributed by atoms with Crippen molar-refractivity contribution in [1.82, 2.24) is 10.2 Å². The van der Waals surface area contributed by atoms with E-state index < -0.39 is 4.92 Å². The van der Waals surface area contributed by atoms with Gasteiger partial charge in [0, 0.05) is 25.7 Å². The molecule has 1 amide bonds. The summed E-state index contributed by atoms with van der Waals surface area (Å²) in [6.45, 7) is 5.96. The normalized spacial score (nSPS) is 14.7. The highest BCUT2D eigenvalue weighted by atomic mass is 16.6. The number of hydrogen-bond acceptors (Lipinski definition) is 4. The molecule has 6 nitrogen and oxygen atoms in total. The highest BCUT2D eigenvalue weighted by molar-refractivity contribution is 5.98. The van der Waals surface area contributed by atoms with Gasteiger partial charge in [0.25, 0.3) is 11.6 Å². The molecule has 1 heterocycles. The van der Waals surface area contributed by atoms with Crippen molar-refractivity contribution in [3.8, 4) is 0 Å². The maximum absolute atomic E-state index is 12.6. The van der Waals surface area contributed by atoms with Crippen molar-refractivity contribution < 1.29 is 9.72 Å². The Morgan fingerprint density at radius 1 is 1.50 bits per heavy atom. The zero-order valence-electron chi connectivity index (χ0n) is 11.8. The first-order valence-corrected chi connectivity index (χ1v) is 6.81. The van der Waals surface area contributed by atoms with E-state index in [0.29, 0.717) is 6.54 Å². The van der Waals surface area contributed by atoms with Crippen LogP contribution in [-0.4, -0.2) is 41.4 Å². The molecule has 1 saturated heterocycles. The van der Waals surface area contributed by atoms with Gasteiger partial charge in [0.1, 0.15) is 5.56 Å². The number of carbonyl (C=O) groups is 1. The minimum atomic E-state index is -0.490. The fourth-order valence-corrected chi connectivity index (χ4v) is 2.32. The van der Waals surface area contributed by atoms with Crippen molar-refractivity contribution in [1.29, 1.82) is 0 Å². The Bertz CT molecular complexity index is 526. The van der Waals surface area contributed by atoms with E-state index in [1.165, 1.54) is 6.07 Å². The molecule has 0 unspecified atom stereocenters. The van der Waals surface area contributed by atoms with Crippen LogP contribution in [0.2, 0.25) is 0 Å². The number of nitrogens with zero attached hydrogens (tertiary/aromatic N) is 2. The van der Waals surface area contributed by atoms with Gasteiger partial charge in [0.2, 0.25) is 0 Å². The van der Waals surface area contributed by atoms with E-state index in [0.717, 1.165) is 25.1 Å². The Labute approximate surface area is 117 Å². The Morgan fingerprint density at radius 2 is 2.20 bits per heavy atom. The maximum Gasteiger partial charge on any atom is 0.282 e. The van der Waals surface area contributed by atoms with Crippen LogP contribution in [-0.2, 0) is 0 Å². The maximum atomic E-state index is 12.6. The van der Waals surface area contributed by atoms with Crippen molar-refractivity contribution in [3.05, 3.63) is 39.4 Å². The number of nitro benzene ring substituents is 1. The number of aryl methyl sites for hydroxylation is 1.